The van der Waals surface area contributed by atoms with Crippen LogP contribution in [0.4, 0.5) is 0 Å². The predicted molar refractivity (Wildman–Crippen MR) is 55.3 cm³/mol. The van der Waals surface area contributed by atoms with Gasteiger partial charge in [-0.3, -0.25) is 4.40 Å². The fourth-order valence-corrected chi connectivity index (χ4v) is 2.32. The zero-order valence-electron chi connectivity index (χ0n) is 6.38. The van der Waals surface area contributed by atoms with E-state index in [9.17, 15) is 0 Å². The lowest BCUT2D eigenvalue weighted by molar-refractivity contribution is 1.09. The second kappa shape index (κ2) is 2.85. The molecule has 0 aliphatic rings. The zero-order valence-corrected chi connectivity index (χ0v) is 9.55. The van der Waals surface area contributed by atoms with E-state index in [0.717, 1.165) is 14.9 Å². The minimum atomic E-state index is 0.823. The van der Waals surface area contributed by atoms with Crippen LogP contribution in [0.1, 0.15) is 5.56 Å². The number of aryl methyl sites for hydroxylation is 1. The van der Waals surface area contributed by atoms with Gasteiger partial charge in [-0.2, -0.15) is 0 Å². The fourth-order valence-electron chi connectivity index (χ4n) is 1.12. The molecule has 4 heteroatoms. The number of halogens is 2. The smallest absolute Gasteiger partial charge is 0.182 e. The quantitative estimate of drug-likeness (QED) is 0.728. The highest BCUT2D eigenvalue weighted by atomic mass is 79.9. The van der Waals surface area contributed by atoms with Crippen molar-refractivity contribution >= 4 is 37.4 Å². The minimum absolute atomic E-state index is 0.823. The molecule has 2 rings (SSSR count). The molecule has 0 saturated heterocycles. The molecular weight excluding hydrogens is 284 g/mol. The molecular formula is C8H6Br2N2. The van der Waals surface area contributed by atoms with E-state index < -0.39 is 0 Å². The Morgan fingerprint density at radius 2 is 2.17 bits per heavy atom. The standard InChI is InChI=1S/C8H6Br2N2/c1-5-2-3-12-6(4-5)7(9)11-8(12)10/h2-4H,1H3. The van der Waals surface area contributed by atoms with Crippen molar-refractivity contribution in [1.29, 1.82) is 0 Å². The third-order valence-electron chi connectivity index (χ3n) is 1.71. The predicted octanol–water partition coefficient (Wildman–Crippen LogP) is 3.17. The van der Waals surface area contributed by atoms with Gasteiger partial charge >= 0.3 is 0 Å². The molecule has 62 valence electrons. The molecule has 0 unspecified atom stereocenters. The first-order chi connectivity index (χ1) is 5.68. The van der Waals surface area contributed by atoms with Crippen LogP contribution in [0.2, 0.25) is 0 Å². The van der Waals surface area contributed by atoms with Gasteiger partial charge < -0.3 is 0 Å². The maximum absolute atomic E-state index is 4.23. The Hall–Kier alpha value is -0.350. The average molecular weight is 290 g/mol. The summed E-state index contributed by atoms with van der Waals surface area (Å²) < 4.78 is 3.68. The Bertz CT molecular complexity index is 434. The van der Waals surface area contributed by atoms with E-state index in [1.54, 1.807) is 0 Å². The van der Waals surface area contributed by atoms with Crippen LogP contribution in [0.3, 0.4) is 0 Å². The first-order valence-corrected chi connectivity index (χ1v) is 5.07. The summed E-state index contributed by atoms with van der Waals surface area (Å²) >= 11 is 6.75. The normalized spacial score (nSPS) is 10.9. The van der Waals surface area contributed by atoms with Gasteiger partial charge in [0, 0.05) is 6.20 Å². The van der Waals surface area contributed by atoms with Crippen LogP contribution in [0, 0.1) is 6.92 Å². The molecule has 2 aromatic rings. The minimum Gasteiger partial charge on any atom is -0.293 e. The van der Waals surface area contributed by atoms with Crippen molar-refractivity contribution in [3.05, 3.63) is 33.2 Å². The molecule has 0 aromatic carbocycles. The maximum Gasteiger partial charge on any atom is 0.182 e. The van der Waals surface area contributed by atoms with Crippen LogP contribution < -0.4 is 0 Å². The van der Waals surface area contributed by atoms with Gasteiger partial charge in [-0.1, -0.05) is 0 Å². The number of pyridine rings is 1. The Kier molecular flexibility index (Phi) is 1.96. The molecule has 12 heavy (non-hydrogen) atoms. The Balaban J connectivity index is 2.90. The van der Waals surface area contributed by atoms with E-state index in [-0.39, 0.29) is 0 Å². The summed E-state index contributed by atoms with van der Waals surface area (Å²) in [7, 11) is 0. The second-order valence-electron chi connectivity index (χ2n) is 2.63. The van der Waals surface area contributed by atoms with Gasteiger partial charge in [0.1, 0.15) is 4.60 Å². The number of aromatic nitrogens is 2. The van der Waals surface area contributed by atoms with Crippen LogP contribution in [-0.2, 0) is 0 Å². The van der Waals surface area contributed by atoms with E-state index in [1.807, 2.05) is 16.7 Å². The Labute approximate surface area is 86.9 Å². The summed E-state index contributed by atoms with van der Waals surface area (Å²) in [4.78, 5) is 4.23. The lowest BCUT2D eigenvalue weighted by Gasteiger charge is -1.95. The summed E-state index contributed by atoms with van der Waals surface area (Å²) in [6, 6.07) is 4.13. The highest BCUT2D eigenvalue weighted by Crippen LogP contribution is 2.22. The van der Waals surface area contributed by atoms with Gasteiger partial charge in [0.05, 0.1) is 5.52 Å². The average Bonchev–Trinajstić information content (AvgIpc) is 2.28. The van der Waals surface area contributed by atoms with Crippen molar-refractivity contribution in [3.63, 3.8) is 0 Å². The molecule has 0 radical (unpaired) electrons. The van der Waals surface area contributed by atoms with Gasteiger partial charge in [0.25, 0.3) is 0 Å². The maximum atomic E-state index is 4.23. The van der Waals surface area contributed by atoms with Crippen molar-refractivity contribution in [2.24, 2.45) is 0 Å². The lowest BCUT2D eigenvalue weighted by Crippen LogP contribution is -1.83. The van der Waals surface area contributed by atoms with Gasteiger partial charge in [-0.25, -0.2) is 4.98 Å². The number of hydrogen-bond acceptors (Lipinski definition) is 1. The molecule has 0 aliphatic carbocycles. The second-order valence-corrected chi connectivity index (χ2v) is 4.09. The molecule has 0 N–H and O–H groups in total. The molecule has 0 aliphatic heterocycles. The van der Waals surface area contributed by atoms with Crippen molar-refractivity contribution in [2.45, 2.75) is 6.92 Å². The van der Waals surface area contributed by atoms with Crippen LogP contribution in [0.5, 0.6) is 0 Å². The molecule has 0 spiro atoms. The molecule has 2 heterocycles. The van der Waals surface area contributed by atoms with E-state index in [1.165, 1.54) is 5.56 Å². The van der Waals surface area contributed by atoms with Gasteiger partial charge in [-0.05, 0) is 56.5 Å². The van der Waals surface area contributed by atoms with Crippen LogP contribution in [0.15, 0.2) is 27.7 Å². The number of nitrogens with zero attached hydrogens (tertiary/aromatic N) is 2. The largest absolute Gasteiger partial charge is 0.293 e. The SMILES string of the molecule is Cc1ccn2c(Br)nc(Br)c2c1. The summed E-state index contributed by atoms with van der Waals surface area (Å²) in [5, 5.41) is 0. The summed E-state index contributed by atoms with van der Waals surface area (Å²) in [5.74, 6) is 0. The highest BCUT2D eigenvalue weighted by molar-refractivity contribution is 9.11. The first-order valence-electron chi connectivity index (χ1n) is 3.48. The number of fused-ring (bicyclic) bond motifs is 1. The summed E-state index contributed by atoms with van der Waals surface area (Å²) in [6.45, 7) is 2.06. The molecule has 2 nitrogen and oxygen atoms in total. The molecule has 0 amide bonds. The third kappa shape index (κ3) is 1.19. The molecule has 0 atom stereocenters. The topological polar surface area (TPSA) is 17.3 Å². The van der Waals surface area contributed by atoms with Crippen molar-refractivity contribution < 1.29 is 0 Å². The monoisotopic (exact) mass is 288 g/mol. The molecule has 0 bridgehead atoms. The van der Waals surface area contributed by atoms with Gasteiger partial charge in [0.2, 0.25) is 0 Å². The Morgan fingerprint density at radius 1 is 1.42 bits per heavy atom. The molecule has 0 saturated carbocycles. The molecule has 2 aromatic heterocycles. The first kappa shape index (κ1) is 8.26. The van der Waals surface area contributed by atoms with E-state index in [4.69, 9.17) is 0 Å². The zero-order chi connectivity index (χ0) is 8.72. The third-order valence-corrected chi connectivity index (χ3v) is 2.85. The van der Waals surface area contributed by atoms with Gasteiger partial charge in [-0.15, -0.1) is 0 Å². The van der Waals surface area contributed by atoms with Crippen LogP contribution in [0.25, 0.3) is 5.52 Å². The van der Waals surface area contributed by atoms with E-state index >= 15 is 0 Å². The Morgan fingerprint density at radius 3 is 2.92 bits per heavy atom. The summed E-state index contributed by atoms with van der Waals surface area (Å²) in [6.07, 6.45) is 1.99. The lowest BCUT2D eigenvalue weighted by atomic mass is 10.3. The van der Waals surface area contributed by atoms with Crippen molar-refractivity contribution in [1.82, 2.24) is 9.38 Å². The highest BCUT2D eigenvalue weighted by Gasteiger charge is 2.05. The van der Waals surface area contributed by atoms with Crippen molar-refractivity contribution in [3.8, 4) is 0 Å². The van der Waals surface area contributed by atoms with E-state index in [2.05, 4.69) is 49.8 Å². The van der Waals surface area contributed by atoms with Crippen molar-refractivity contribution in [2.75, 3.05) is 0 Å². The molecule has 0 fully saturated rings. The number of hydrogen-bond donors (Lipinski definition) is 0. The van der Waals surface area contributed by atoms with Crippen LogP contribution >= 0.6 is 31.9 Å². The number of rotatable bonds is 0. The fraction of sp³-hybridized carbons (Fsp3) is 0.125. The van der Waals surface area contributed by atoms with E-state index in [0.29, 0.717) is 0 Å². The summed E-state index contributed by atoms with van der Waals surface area (Å²) in [5.41, 5.74) is 2.32. The van der Waals surface area contributed by atoms with Gasteiger partial charge in [0.15, 0.2) is 4.73 Å². The number of imidazole rings is 1. The van der Waals surface area contributed by atoms with Crippen LogP contribution in [-0.4, -0.2) is 9.38 Å².